The first-order valence-electron chi connectivity index (χ1n) is 6.13. The summed E-state index contributed by atoms with van der Waals surface area (Å²) >= 11 is 4.61. The Labute approximate surface area is 133 Å². The quantitative estimate of drug-likeness (QED) is 0.656. The SMILES string of the molecule is O=C(/C=C/c1ccc(Cl)cc1)[AsH]c1ccccc1C(=O)O. The molecule has 0 amide bonds. The third kappa shape index (κ3) is 4.59. The third-order valence-electron chi connectivity index (χ3n) is 2.71. The van der Waals surface area contributed by atoms with Gasteiger partial charge in [-0.3, -0.25) is 0 Å². The van der Waals surface area contributed by atoms with Gasteiger partial charge in [0.2, 0.25) is 0 Å². The molecule has 1 atom stereocenters. The Morgan fingerprint density at radius 3 is 2.38 bits per heavy atom. The molecule has 0 spiro atoms. The van der Waals surface area contributed by atoms with Crippen molar-refractivity contribution in [3.63, 3.8) is 0 Å². The molecule has 0 saturated carbocycles. The van der Waals surface area contributed by atoms with Crippen LogP contribution in [0.4, 0.5) is 0 Å². The number of hydrogen-bond donors (Lipinski definition) is 1. The van der Waals surface area contributed by atoms with Crippen LogP contribution >= 0.6 is 11.6 Å². The second-order valence-electron chi connectivity index (χ2n) is 4.22. The molecular formula is C16H12AsClO3. The summed E-state index contributed by atoms with van der Waals surface area (Å²) in [6, 6.07) is 13.8. The topological polar surface area (TPSA) is 54.4 Å². The molecule has 2 aromatic carbocycles. The summed E-state index contributed by atoms with van der Waals surface area (Å²) in [4.78, 5) is 23.1. The zero-order valence-corrected chi connectivity index (χ0v) is 13.8. The van der Waals surface area contributed by atoms with Gasteiger partial charge in [0.15, 0.2) is 0 Å². The van der Waals surface area contributed by atoms with E-state index in [1.165, 1.54) is 12.1 Å². The fraction of sp³-hybridized carbons (Fsp3) is 0. The number of carboxylic acids is 1. The molecule has 106 valence electrons. The minimum absolute atomic E-state index is 0.0290. The van der Waals surface area contributed by atoms with Crippen LogP contribution in [0.15, 0.2) is 54.6 Å². The summed E-state index contributed by atoms with van der Waals surface area (Å²) in [6.45, 7) is 0. The molecule has 3 nitrogen and oxygen atoms in total. The van der Waals surface area contributed by atoms with Gasteiger partial charge in [-0.2, -0.15) is 0 Å². The number of carbonyl (C=O) groups excluding carboxylic acids is 1. The normalized spacial score (nSPS) is 11.3. The molecule has 0 heterocycles. The van der Waals surface area contributed by atoms with Crippen molar-refractivity contribution in [1.29, 1.82) is 0 Å². The van der Waals surface area contributed by atoms with Gasteiger partial charge in [0.1, 0.15) is 0 Å². The Morgan fingerprint density at radius 1 is 1.05 bits per heavy atom. The van der Waals surface area contributed by atoms with E-state index in [9.17, 15) is 9.59 Å². The fourth-order valence-corrected chi connectivity index (χ4v) is 3.79. The summed E-state index contributed by atoms with van der Waals surface area (Å²) in [5.41, 5.74) is 1.09. The van der Waals surface area contributed by atoms with Crippen molar-refractivity contribution in [2.45, 2.75) is 0 Å². The standard InChI is InChI=1S/C16H12AsClO3/c18-12-8-5-11(6-9-12)7-10-15(19)17-14-4-2-1-3-13(14)16(20)21/h1-10,17H,(H,20,21)/b10-7+. The van der Waals surface area contributed by atoms with Crippen LogP contribution in [0.5, 0.6) is 0 Å². The van der Waals surface area contributed by atoms with Crippen LogP contribution in [0, 0.1) is 0 Å². The number of benzene rings is 2. The summed E-state index contributed by atoms with van der Waals surface area (Å²) in [7, 11) is 0. The van der Waals surface area contributed by atoms with Crippen molar-refractivity contribution in [2.24, 2.45) is 0 Å². The van der Waals surface area contributed by atoms with E-state index in [1.54, 1.807) is 36.4 Å². The van der Waals surface area contributed by atoms with Crippen molar-refractivity contribution in [1.82, 2.24) is 0 Å². The van der Waals surface area contributed by atoms with Gasteiger partial charge in [0, 0.05) is 0 Å². The van der Waals surface area contributed by atoms with Crippen LogP contribution in [-0.2, 0) is 4.79 Å². The Morgan fingerprint density at radius 2 is 1.71 bits per heavy atom. The molecule has 0 aromatic heterocycles. The first kappa shape index (κ1) is 15.6. The number of carbonyl (C=O) groups is 2. The number of carboxylic acid groups (broad SMARTS) is 1. The molecule has 2 aromatic rings. The van der Waals surface area contributed by atoms with E-state index < -0.39 is 21.7 Å². The number of hydrogen-bond acceptors (Lipinski definition) is 2. The van der Waals surface area contributed by atoms with Gasteiger partial charge >= 0.3 is 134 Å². The van der Waals surface area contributed by atoms with Gasteiger partial charge in [-0.05, 0) is 0 Å². The zero-order valence-electron chi connectivity index (χ0n) is 10.9. The van der Waals surface area contributed by atoms with Gasteiger partial charge in [0.05, 0.1) is 0 Å². The van der Waals surface area contributed by atoms with Crippen molar-refractivity contribution < 1.29 is 14.7 Å². The van der Waals surface area contributed by atoms with Crippen molar-refractivity contribution in [3.05, 3.63) is 70.8 Å². The molecule has 0 radical (unpaired) electrons. The predicted molar refractivity (Wildman–Crippen MR) is 85.7 cm³/mol. The van der Waals surface area contributed by atoms with Crippen LogP contribution in [0.25, 0.3) is 6.08 Å². The first-order chi connectivity index (χ1) is 10.1. The molecule has 0 aliphatic rings. The average molecular weight is 363 g/mol. The van der Waals surface area contributed by atoms with Gasteiger partial charge < -0.3 is 0 Å². The Balaban J connectivity index is 2.08. The van der Waals surface area contributed by atoms with Crippen molar-refractivity contribution in [2.75, 3.05) is 0 Å². The Hall–Kier alpha value is -1.83. The monoisotopic (exact) mass is 362 g/mol. The molecule has 21 heavy (non-hydrogen) atoms. The molecule has 1 unspecified atom stereocenters. The van der Waals surface area contributed by atoms with E-state index >= 15 is 0 Å². The summed E-state index contributed by atoms with van der Waals surface area (Å²) < 4.78 is 0.606. The Bertz CT molecular complexity index is 693. The van der Waals surface area contributed by atoms with Gasteiger partial charge in [0.25, 0.3) is 0 Å². The van der Waals surface area contributed by atoms with Gasteiger partial charge in [-0.25, -0.2) is 0 Å². The van der Waals surface area contributed by atoms with E-state index in [0.29, 0.717) is 9.37 Å². The first-order valence-corrected chi connectivity index (χ1v) is 8.61. The van der Waals surface area contributed by atoms with Gasteiger partial charge in [-0.1, -0.05) is 0 Å². The summed E-state index contributed by atoms with van der Waals surface area (Å²) in [6.07, 6.45) is 3.22. The second kappa shape index (κ2) is 7.26. The number of halogens is 1. The van der Waals surface area contributed by atoms with E-state index in [-0.39, 0.29) is 10.1 Å². The molecule has 1 N–H and O–H groups in total. The maximum absolute atomic E-state index is 12.0. The number of allylic oxidation sites excluding steroid dienone is 1. The maximum atomic E-state index is 12.0. The molecule has 0 bridgehead atoms. The Kier molecular flexibility index (Phi) is 5.37. The van der Waals surface area contributed by atoms with E-state index in [4.69, 9.17) is 16.7 Å². The van der Waals surface area contributed by atoms with Crippen molar-refractivity contribution >= 4 is 48.3 Å². The van der Waals surface area contributed by atoms with Gasteiger partial charge in [-0.15, -0.1) is 0 Å². The molecule has 5 heteroatoms. The fourth-order valence-electron chi connectivity index (χ4n) is 1.70. The molecule has 0 fully saturated rings. The summed E-state index contributed by atoms with van der Waals surface area (Å²) in [5.74, 6) is -0.996. The van der Waals surface area contributed by atoms with Crippen LogP contribution in [0.2, 0.25) is 5.02 Å². The molecule has 0 saturated heterocycles. The number of rotatable bonds is 5. The number of aromatic carboxylic acids is 1. The van der Waals surface area contributed by atoms with E-state index in [2.05, 4.69) is 0 Å². The second-order valence-corrected chi connectivity index (χ2v) is 7.35. The summed E-state index contributed by atoms with van der Waals surface area (Å²) in [5, 5.41) is 9.73. The van der Waals surface area contributed by atoms with Crippen LogP contribution in [0.3, 0.4) is 0 Å². The zero-order chi connectivity index (χ0) is 15.2. The van der Waals surface area contributed by atoms with E-state index in [1.807, 2.05) is 12.1 Å². The molecule has 0 aliphatic carbocycles. The molecular weight excluding hydrogens is 351 g/mol. The van der Waals surface area contributed by atoms with Crippen LogP contribution < -0.4 is 4.35 Å². The molecule has 2 rings (SSSR count). The minimum atomic E-state index is -1.18. The van der Waals surface area contributed by atoms with Crippen molar-refractivity contribution in [3.8, 4) is 0 Å². The van der Waals surface area contributed by atoms with E-state index in [0.717, 1.165) is 5.56 Å². The van der Waals surface area contributed by atoms with Crippen LogP contribution in [0.1, 0.15) is 15.9 Å². The third-order valence-corrected chi connectivity index (χ3v) is 5.31. The van der Waals surface area contributed by atoms with Crippen LogP contribution in [-0.4, -0.2) is 31.4 Å². The average Bonchev–Trinajstić information content (AvgIpc) is 2.47. The molecule has 0 aliphatic heterocycles. The predicted octanol–water partition coefficient (Wildman–Crippen LogP) is 2.34.